The first kappa shape index (κ1) is 22.5. The van der Waals surface area contributed by atoms with E-state index in [0.29, 0.717) is 22.8 Å². The summed E-state index contributed by atoms with van der Waals surface area (Å²) >= 11 is 0. The van der Waals surface area contributed by atoms with Gasteiger partial charge in [0.05, 0.1) is 13.2 Å². The Morgan fingerprint density at radius 2 is 1.87 bits per heavy atom. The molecule has 0 aliphatic heterocycles. The maximum absolute atomic E-state index is 13.0. The minimum Gasteiger partial charge on any atom is -0.497 e. The fraction of sp³-hybridized carbons (Fsp3) is 0.478. The molecule has 0 unspecified atom stereocenters. The van der Waals surface area contributed by atoms with Crippen LogP contribution < -0.4 is 15.1 Å². The van der Waals surface area contributed by atoms with Crippen molar-refractivity contribution in [1.29, 1.82) is 5.41 Å². The maximum Gasteiger partial charge on any atom is 0.242 e. The molecule has 0 bridgehead atoms. The molecule has 3 aromatic rings. The standard InChI is InChI=1S/C23H31N5O3.H2/c1-7-17(8-2)31-21-10-9-20-25-27(22(24)28(20)26-21)14-19(29)15-11-16(23(3,4)5)13-18(12-15)30-6;/h9-13,17,24H,7-8,14H2,1-6H3;1H. The van der Waals surface area contributed by atoms with Crippen molar-refractivity contribution < 1.29 is 15.7 Å². The Balaban J connectivity index is 0.00000363. The number of benzene rings is 1. The highest BCUT2D eigenvalue weighted by Gasteiger charge is 2.19. The number of hydrogen-bond donors (Lipinski definition) is 1. The first-order chi connectivity index (χ1) is 14.7. The van der Waals surface area contributed by atoms with Crippen LogP contribution in [0.25, 0.3) is 5.65 Å². The highest BCUT2D eigenvalue weighted by Crippen LogP contribution is 2.28. The third kappa shape index (κ3) is 4.95. The van der Waals surface area contributed by atoms with Gasteiger partial charge in [0.1, 0.15) is 12.3 Å². The van der Waals surface area contributed by atoms with Gasteiger partial charge in [-0.1, -0.05) is 34.6 Å². The fourth-order valence-electron chi connectivity index (χ4n) is 3.25. The monoisotopic (exact) mass is 427 g/mol. The molecule has 0 aliphatic carbocycles. The topological polar surface area (TPSA) is 94.5 Å². The molecule has 0 aliphatic rings. The number of nitrogens with one attached hydrogen (secondary N) is 1. The molecule has 0 amide bonds. The largest absolute Gasteiger partial charge is 0.497 e. The number of methoxy groups -OCH3 is 1. The smallest absolute Gasteiger partial charge is 0.242 e. The van der Waals surface area contributed by atoms with Crippen LogP contribution in [0.5, 0.6) is 11.6 Å². The highest BCUT2D eigenvalue weighted by atomic mass is 16.5. The van der Waals surface area contributed by atoms with E-state index in [1.54, 1.807) is 25.3 Å². The zero-order valence-electron chi connectivity index (χ0n) is 19.1. The Bertz CT molecular complexity index is 1140. The van der Waals surface area contributed by atoms with Crippen molar-refractivity contribution >= 4 is 11.4 Å². The quantitative estimate of drug-likeness (QED) is 0.548. The molecule has 168 valence electrons. The van der Waals surface area contributed by atoms with Crippen LogP contribution in [0.3, 0.4) is 0 Å². The van der Waals surface area contributed by atoms with Crippen molar-refractivity contribution in [3.05, 3.63) is 47.1 Å². The Kier molecular flexibility index (Phi) is 6.48. The van der Waals surface area contributed by atoms with Crippen molar-refractivity contribution in [3.8, 4) is 11.6 Å². The van der Waals surface area contributed by atoms with Crippen LogP contribution in [0.2, 0.25) is 0 Å². The molecule has 0 fully saturated rings. The lowest BCUT2D eigenvalue weighted by molar-refractivity contribution is 0.0965. The molecule has 0 saturated heterocycles. The van der Waals surface area contributed by atoms with Gasteiger partial charge in [0.15, 0.2) is 11.4 Å². The summed E-state index contributed by atoms with van der Waals surface area (Å²) in [5.74, 6) is 0.916. The van der Waals surface area contributed by atoms with Crippen LogP contribution in [-0.2, 0) is 12.0 Å². The summed E-state index contributed by atoms with van der Waals surface area (Å²) in [6.07, 6.45) is 1.82. The minimum atomic E-state index is -0.153. The molecule has 0 spiro atoms. The number of aromatic nitrogens is 4. The number of fused-ring (bicyclic) bond motifs is 1. The lowest BCUT2D eigenvalue weighted by atomic mass is 9.85. The average molecular weight is 428 g/mol. The van der Waals surface area contributed by atoms with Gasteiger partial charge >= 0.3 is 0 Å². The number of carbonyl (C=O) groups excluding carboxylic acids is 1. The summed E-state index contributed by atoms with van der Waals surface area (Å²) in [6, 6.07) is 9.02. The van der Waals surface area contributed by atoms with Crippen LogP contribution in [0.1, 0.15) is 64.8 Å². The number of carbonyl (C=O) groups is 1. The van der Waals surface area contributed by atoms with E-state index < -0.39 is 0 Å². The first-order valence-electron chi connectivity index (χ1n) is 10.6. The van der Waals surface area contributed by atoms with Crippen LogP contribution >= 0.6 is 0 Å². The highest BCUT2D eigenvalue weighted by molar-refractivity contribution is 5.96. The Labute approximate surface area is 183 Å². The summed E-state index contributed by atoms with van der Waals surface area (Å²) in [7, 11) is 1.59. The van der Waals surface area contributed by atoms with Gasteiger partial charge in [-0.15, -0.1) is 10.2 Å². The second kappa shape index (κ2) is 8.91. The van der Waals surface area contributed by atoms with E-state index in [1.807, 2.05) is 12.1 Å². The van der Waals surface area contributed by atoms with Gasteiger partial charge in [0.25, 0.3) is 0 Å². The Hall–Kier alpha value is -3.16. The van der Waals surface area contributed by atoms with Gasteiger partial charge in [-0.2, -0.15) is 4.52 Å². The number of ketones is 1. The van der Waals surface area contributed by atoms with E-state index in [2.05, 4.69) is 44.8 Å². The fourth-order valence-corrected chi connectivity index (χ4v) is 3.25. The average Bonchev–Trinajstić information content (AvgIpc) is 3.05. The lowest BCUT2D eigenvalue weighted by Gasteiger charge is -2.20. The third-order valence-electron chi connectivity index (χ3n) is 5.28. The molecule has 2 aromatic heterocycles. The lowest BCUT2D eigenvalue weighted by Crippen LogP contribution is -2.26. The Morgan fingerprint density at radius 1 is 1.16 bits per heavy atom. The van der Waals surface area contributed by atoms with Gasteiger partial charge < -0.3 is 9.47 Å². The van der Waals surface area contributed by atoms with Crippen LogP contribution in [0.15, 0.2) is 30.3 Å². The summed E-state index contributed by atoms with van der Waals surface area (Å²) < 4.78 is 14.0. The summed E-state index contributed by atoms with van der Waals surface area (Å²) in [6.45, 7) is 10.3. The van der Waals surface area contributed by atoms with Gasteiger partial charge in [-0.25, -0.2) is 4.68 Å². The van der Waals surface area contributed by atoms with E-state index in [9.17, 15) is 4.79 Å². The van der Waals surface area contributed by atoms with Crippen molar-refractivity contribution in [3.63, 3.8) is 0 Å². The summed E-state index contributed by atoms with van der Waals surface area (Å²) in [5, 5.41) is 17.2. The zero-order valence-corrected chi connectivity index (χ0v) is 19.1. The van der Waals surface area contributed by atoms with E-state index >= 15 is 0 Å². The van der Waals surface area contributed by atoms with Crippen molar-refractivity contribution in [1.82, 2.24) is 19.4 Å². The Morgan fingerprint density at radius 3 is 2.48 bits per heavy atom. The molecule has 0 saturated carbocycles. The van der Waals surface area contributed by atoms with Crippen LogP contribution in [0.4, 0.5) is 0 Å². The van der Waals surface area contributed by atoms with Gasteiger partial charge in [-0.3, -0.25) is 10.2 Å². The zero-order chi connectivity index (χ0) is 22.8. The van der Waals surface area contributed by atoms with E-state index in [1.165, 1.54) is 9.20 Å². The van der Waals surface area contributed by atoms with Gasteiger partial charge in [0.2, 0.25) is 11.5 Å². The minimum absolute atomic E-state index is 0. The number of nitrogens with zero attached hydrogens (tertiary/aromatic N) is 4. The predicted molar refractivity (Wildman–Crippen MR) is 120 cm³/mol. The number of rotatable bonds is 8. The first-order valence-corrected chi connectivity index (χ1v) is 10.6. The second-order valence-corrected chi connectivity index (χ2v) is 8.60. The molecule has 0 atom stereocenters. The van der Waals surface area contributed by atoms with Gasteiger partial charge in [-0.05, 0) is 48.1 Å². The predicted octanol–water partition coefficient (Wildman–Crippen LogP) is 4.01. The molecule has 3 rings (SSSR count). The molecule has 1 aromatic carbocycles. The molecular weight excluding hydrogens is 394 g/mol. The van der Waals surface area contributed by atoms with Crippen LogP contribution in [0, 0.1) is 5.41 Å². The third-order valence-corrected chi connectivity index (χ3v) is 5.28. The molecule has 31 heavy (non-hydrogen) atoms. The summed E-state index contributed by atoms with van der Waals surface area (Å²) in [4.78, 5) is 13.0. The molecule has 8 heteroatoms. The van der Waals surface area contributed by atoms with E-state index in [0.717, 1.165) is 18.4 Å². The second-order valence-electron chi connectivity index (χ2n) is 8.60. The SMILES string of the molecule is CCC(CC)Oc1ccc2nn(CC(=O)c3cc(OC)cc(C(C)(C)C)c3)c(=N)n2n1.[HH]. The number of Topliss-reactive ketones (excluding diaryl/α,β-unsaturated/α-hetero) is 1. The van der Waals surface area contributed by atoms with Crippen molar-refractivity contribution in [2.45, 2.75) is 65.5 Å². The molecular formula is C23H33N5O3. The van der Waals surface area contributed by atoms with Crippen molar-refractivity contribution in [2.24, 2.45) is 0 Å². The molecule has 0 radical (unpaired) electrons. The maximum atomic E-state index is 13.0. The van der Waals surface area contributed by atoms with E-state index in [-0.39, 0.29) is 30.9 Å². The number of ether oxygens (including phenoxy) is 2. The van der Waals surface area contributed by atoms with E-state index in [4.69, 9.17) is 14.9 Å². The van der Waals surface area contributed by atoms with Crippen molar-refractivity contribution in [2.75, 3.05) is 7.11 Å². The van der Waals surface area contributed by atoms with Crippen LogP contribution in [-0.4, -0.2) is 38.4 Å². The molecule has 8 nitrogen and oxygen atoms in total. The molecule has 2 heterocycles. The normalized spacial score (nSPS) is 11.8. The summed E-state index contributed by atoms with van der Waals surface area (Å²) in [5.41, 5.74) is 1.90. The molecule has 1 N–H and O–H groups in total. The number of hydrogen-bond acceptors (Lipinski definition) is 6. The van der Waals surface area contributed by atoms with Gasteiger partial charge in [0, 0.05) is 13.1 Å².